The van der Waals surface area contributed by atoms with Crippen molar-refractivity contribution < 1.29 is 14.7 Å². The van der Waals surface area contributed by atoms with Crippen LogP contribution in [0.3, 0.4) is 0 Å². The van der Waals surface area contributed by atoms with Gasteiger partial charge in [0.25, 0.3) is 5.91 Å². The largest absolute Gasteiger partial charge is 0.508 e. The number of aromatic hydroxyl groups is 1. The van der Waals surface area contributed by atoms with E-state index in [-0.39, 0.29) is 28.8 Å². The van der Waals surface area contributed by atoms with Crippen LogP contribution in [-0.4, -0.2) is 16.9 Å². The number of nitrogens with two attached hydrogens (primary N) is 1. The molecule has 2 aromatic rings. The number of phenols is 1. The summed E-state index contributed by atoms with van der Waals surface area (Å²) in [5.41, 5.74) is 7.11. The molecule has 0 aliphatic heterocycles. The first-order valence-corrected chi connectivity index (χ1v) is 6.92. The van der Waals surface area contributed by atoms with Crippen LogP contribution in [-0.2, 0) is 6.54 Å². The highest BCUT2D eigenvalue weighted by Gasteiger charge is 2.15. The number of benzene rings is 2. The molecular weight excluding hydrogens is 304 g/mol. The summed E-state index contributed by atoms with van der Waals surface area (Å²) in [7, 11) is 0. The monoisotopic (exact) mass is 318 g/mol. The summed E-state index contributed by atoms with van der Waals surface area (Å²) in [6.07, 6.45) is 0. The zero-order valence-corrected chi connectivity index (χ0v) is 12.6. The van der Waals surface area contributed by atoms with Gasteiger partial charge in [-0.05, 0) is 42.3 Å². The number of aryl methyl sites for hydroxylation is 1. The third kappa shape index (κ3) is 3.56. The van der Waals surface area contributed by atoms with E-state index >= 15 is 0 Å². The third-order valence-electron chi connectivity index (χ3n) is 3.16. The molecule has 6 heteroatoms. The number of halogens is 1. The normalized spacial score (nSPS) is 10.3. The summed E-state index contributed by atoms with van der Waals surface area (Å²) in [6.45, 7) is 1.93. The Morgan fingerprint density at radius 1 is 1.27 bits per heavy atom. The van der Waals surface area contributed by atoms with Crippen molar-refractivity contribution in [2.24, 2.45) is 5.73 Å². The van der Waals surface area contributed by atoms with Crippen LogP contribution >= 0.6 is 11.6 Å². The van der Waals surface area contributed by atoms with Crippen molar-refractivity contribution >= 4 is 23.4 Å². The van der Waals surface area contributed by atoms with Gasteiger partial charge in [-0.25, -0.2) is 0 Å². The number of primary amides is 1. The SMILES string of the molecule is Cc1cc(C(=O)NCc2cccc(O)c2)cc(Cl)c1C(N)=O. The van der Waals surface area contributed by atoms with Gasteiger partial charge in [-0.3, -0.25) is 9.59 Å². The molecule has 0 aromatic heterocycles. The quantitative estimate of drug-likeness (QED) is 0.808. The van der Waals surface area contributed by atoms with Gasteiger partial charge in [-0.1, -0.05) is 23.7 Å². The van der Waals surface area contributed by atoms with Crippen LogP contribution in [0.2, 0.25) is 5.02 Å². The average molecular weight is 319 g/mol. The molecule has 0 aliphatic rings. The van der Waals surface area contributed by atoms with Gasteiger partial charge >= 0.3 is 0 Å². The van der Waals surface area contributed by atoms with Crippen LogP contribution in [0.15, 0.2) is 36.4 Å². The first-order chi connectivity index (χ1) is 10.4. The first-order valence-electron chi connectivity index (χ1n) is 6.54. The summed E-state index contributed by atoms with van der Waals surface area (Å²) in [5, 5.41) is 12.2. The molecule has 0 aliphatic carbocycles. The molecule has 114 valence electrons. The summed E-state index contributed by atoms with van der Waals surface area (Å²) in [4.78, 5) is 23.4. The van der Waals surface area contributed by atoms with Crippen LogP contribution < -0.4 is 11.1 Å². The highest BCUT2D eigenvalue weighted by atomic mass is 35.5. The number of hydrogen-bond acceptors (Lipinski definition) is 3. The van der Waals surface area contributed by atoms with E-state index in [1.165, 1.54) is 6.07 Å². The van der Waals surface area contributed by atoms with Gasteiger partial charge in [0.1, 0.15) is 5.75 Å². The number of carbonyl (C=O) groups is 2. The molecule has 0 spiro atoms. The van der Waals surface area contributed by atoms with Gasteiger partial charge in [-0.2, -0.15) is 0 Å². The Hall–Kier alpha value is -2.53. The van der Waals surface area contributed by atoms with Crippen LogP contribution in [0.1, 0.15) is 31.8 Å². The molecule has 0 saturated carbocycles. The van der Waals surface area contributed by atoms with Crippen molar-refractivity contribution in [1.82, 2.24) is 5.32 Å². The highest BCUT2D eigenvalue weighted by molar-refractivity contribution is 6.34. The minimum absolute atomic E-state index is 0.136. The summed E-state index contributed by atoms with van der Waals surface area (Å²) in [5.74, 6) is -0.824. The molecule has 2 amide bonds. The second kappa shape index (κ2) is 6.49. The second-order valence-electron chi connectivity index (χ2n) is 4.87. The van der Waals surface area contributed by atoms with E-state index in [0.717, 1.165) is 5.56 Å². The average Bonchev–Trinajstić information content (AvgIpc) is 2.43. The van der Waals surface area contributed by atoms with Gasteiger partial charge in [0.05, 0.1) is 10.6 Å². The van der Waals surface area contributed by atoms with Crippen LogP contribution in [0.5, 0.6) is 5.75 Å². The maximum atomic E-state index is 12.1. The Bertz CT molecular complexity index is 721. The fraction of sp³-hybridized carbons (Fsp3) is 0.125. The second-order valence-corrected chi connectivity index (χ2v) is 5.27. The molecule has 22 heavy (non-hydrogen) atoms. The highest BCUT2D eigenvalue weighted by Crippen LogP contribution is 2.22. The van der Waals surface area contributed by atoms with Crippen molar-refractivity contribution in [2.45, 2.75) is 13.5 Å². The zero-order valence-electron chi connectivity index (χ0n) is 11.9. The summed E-state index contributed by atoms with van der Waals surface area (Å²) in [6, 6.07) is 9.57. The van der Waals surface area contributed by atoms with Crippen LogP contribution in [0, 0.1) is 6.92 Å². The Labute approximate surface area is 132 Å². The molecule has 0 saturated heterocycles. The molecule has 2 rings (SSSR count). The molecule has 0 fully saturated rings. The standard InChI is InChI=1S/C16H15ClN2O3/c1-9-5-11(7-13(17)14(9)15(18)21)16(22)19-8-10-3-2-4-12(20)6-10/h2-7,20H,8H2,1H3,(H2,18,21)(H,19,22). The van der Waals surface area contributed by atoms with E-state index in [1.54, 1.807) is 37.3 Å². The van der Waals surface area contributed by atoms with Crippen molar-refractivity contribution in [1.29, 1.82) is 0 Å². The van der Waals surface area contributed by atoms with E-state index in [4.69, 9.17) is 17.3 Å². The van der Waals surface area contributed by atoms with E-state index in [1.807, 2.05) is 0 Å². The molecule has 2 aromatic carbocycles. The fourth-order valence-corrected chi connectivity index (χ4v) is 2.50. The predicted octanol–water partition coefficient (Wildman–Crippen LogP) is 2.38. The summed E-state index contributed by atoms with van der Waals surface area (Å²) < 4.78 is 0. The number of carbonyl (C=O) groups excluding carboxylic acids is 2. The van der Waals surface area contributed by atoms with Gasteiger partial charge in [0, 0.05) is 12.1 Å². The van der Waals surface area contributed by atoms with Gasteiger partial charge in [0.2, 0.25) is 5.91 Å². The Morgan fingerprint density at radius 3 is 2.59 bits per heavy atom. The van der Waals surface area contributed by atoms with Gasteiger partial charge < -0.3 is 16.2 Å². The minimum Gasteiger partial charge on any atom is -0.508 e. The van der Waals surface area contributed by atoms with Crippen molar-refractivity contribution in [3.8, 4) is 5.75 Å². The van der Waals surface area contributed by atoms with Crippen LogP contribution in [0.25, 0.3) is 0 Å². The lowest BCUT2D eigenvalue weighted by atomic mass is 10.0. The zero-order chi connectivity index (χ0) is 16.3. The molecule has 0 atom stereocenters. The van der Waals surface area contributed by atoms with Gasteiger partial charge in [-0.15, -0.1) is 0 Å². The molecule has 0 unspecified atom stereocenters. The Balaban J connectivity index is 2.15. The Morgan fingerprint density at radius 2 is 2.00 bits per heavy atom. The maximum absolute atomic E-state index is 12.1. The van der Waals surface area contributed by atoms with Gasteiger partial charge in [0.15, 0.2) is 0 Å². The lowest BCUT2D eigenvalue weighted by molar-refractivity contribution is 0.0948. The molecule has 0 bridgehead atoms. The van der Waals surface area contributed by atoms with E-state index in [0.29, 0.717) is 11.1 Å². The lowest BCUT2D eigenvalue weighted by Gasteiger charge is -2.10. The number of hydrogen-bond donors (Lipinski definition) is 3. The maximum Gasteiger partial charge on any atom is 0.251 e. The minimum atomic E-state index is -0.630. The number of phenolic OH excluding ortho intramolecular Hbond substituents is 1. The Kier molecular flexibility index (Phi) is 4.68. The molecular formula is C16H15ClN2O3. The van der Waals surface area contributed by atoms with E-state index in [2.05, 4.69) is 5.32 Å². The molecule has 0 radical (unpaired) electrons. The molecule has 5 nitrogen and oxygen atoms in total. The van der Waals surface area contributed by atoms with E-state index in [9.17, 15) is 14.7 Å². The predicted molar refractivity (Wildman–Crippen MR) is 84.0 cm³/mol. The van der Waals surface area contributed by atoms with Crippen LogP contribution in [0.4, 0.5) is 0 Å². The molecule has 0 heterocycles. The topological polar surface area (TPSA) is 92.4 Å². The summed E-state index contributed by atoms with van der Waals surface area (Å²) >= 11 is 6.00. The van der Waals surface area contributed by atoms with Crippen molar-refractivity contribution in [2.75, 3.05) is 0 Å². The number of amides is 2. The van der Waals surface area contributed by atoms with Crippen molar-refractivity contribution in [3.05, 3.63) is 63.7 Å². The molecule has 4 N–H and O–H groups in total. The fourth-order valence-electron chi connectivity index (χ4n) is 2.14. The van der Waals surface area contributed by atoms with Crippen molar-refractivity contribution in [3.63, 3.8) is 0 Å². The third-order valence-corrected chi connectivity index (χ3v) is 3.46. The first kappa shape index (κ1) is 15.9. The number of rotatable bonds is 4. The smallest absolute Gasteiger partial charge is 0.251 e. The van der Waals surface area contributed by atoms with E-state index < -0.39 is 5.91 Å². The lowest BCUT2D eigenvalue weighted by Crippen LogP contribution is -2.23. The number of nitrogens with one attached hydrogen (secondary N) is 1.